The molecule has 1 fully saturated rings. The second kappa shape index (κ2) is 5.85. The molecule has 1 amide bonds. The van der Waals surface area contributed by atoms with Crippen LogP contribution in [-0.4, -0.2) is 50.7 Å². The Morgan fingerprint density at radius 1 is 1.50 bits per heavy atom. The molecule has 0 bridgehead atoms. The summed E-state index contributed by atoms with van der Waals surface area (Å²) in [5.74, 6) is 0.287. The molecule has 1 N–H and O–H groups in total. The number of nitrogens with one attached hydrogen (secondary N) is 1. The summed E-state index contributed by atoms with van der Waals surface area (Å²) in [5, 5.41) is 3.32. The minimum atomic E-state index is -0.293. The van der Waals surface area contributed by atoms with E-state index in [2.05, 4.69) is 18.3 Å². The lowest BCUT2D eigenvalue weighted by Crippen LogP contribution is -2.52. The van der Waals surface area contributed by atoms with Gasteiger partial charge in [-0.3, -0.25) is 4.79 Å². The van der Waals surface area contributed by atoms with Crippen LogP contribution in [-0.2, 0) is 9.53 Å². The zero-order chi connectivity index (χ0) is 13.0. The van der Waals surface area contributed by atoms with E-state index < -0.39 is 0 Å². The first kappa shape index (κ1) is 13.6. The highest BCUT2D eigenvalue weighted by molar-refractivity contribution is 5.83. The molecular weight excluding hydrogens is 228 g/mol. The summed E-state index contributed by atoms with van der Waals surface area (Å²) in [6.45, 7) is 6.14. The lowest BCUT2D eigenvalue weighted by atomic mass is 9.78. The average Bonchev–Trinajstić information content (AvgIpc) is 2.40. The van der Waals surface area contributed by atoms with Crippen LogP contribution in [0.25, 0.3) is 0 Å². The van der Waals surface area contributed by atoms with Crippen molar-refractivity contribution in [2.45, 2.75) is 26.2 Å². The van der Waals surface area contributed by atoms with Gasteiger partial charge in [0.15, 0.2) is 0 Å². The molecule has 0 aromatic heterocycles. The molecular formula is C14H24N2O2. The van der Waals surface area contributed by atoms with E-state index in [9.17, 15) is 4.79 Å². The number of hydrogen-bond donors (Lipinski definition) is 1. The molecule has 0 spiro atoms. The summed E-state index contributed by atoms with van der Waals surface area (Å²) in [6.07, 6.45) is 4.95. The van der Waals surface area contributed by atoms with E-state index in [1.807, 2.05) is 4.90 Å². The van der Waals surface area contributed by atoms with E-state index in [1.165, 1.54) is 5.57 Å². The van der Waals surface area contributed by atoms with Gasteiger partial charge in [0.2, 0.25) is 5.91 Å². The summed E-state index contributed by atoms with van der Waals surface area (Å²) in [5.41, 5.74) is 1.10. The fourth-order valence-electron chi connectivity index (χ4n) is 2.89. The van der Waals surface area contributed by atoms with E-state index in [0.717, 1.165) is 45.4 Å². The number of methoxy groups -OCH3 is 1. The lowest BCUT2D eigenvalue weighted by molar-refractivity contribution is -0.147. The molecule has 0 aromatic carbocycles. The fourth-order valence-corrected chi connectivity index (χ4v) is 2.89. The molecule has 0 saturated carbocycles. The van der Waals surface area contributed by atoms with Gasteiger partial charge < -0.3 is 15.0 Å². The summed E-state index contributed by atoms with van der Waals surface area (Å²) in [7, 11) is 1.69. The van der Waals surface area contributed by atoms with Gasteiger partial charge in [-0.1, -0.05) is 11.6 Å². The van der Waals surface area contributed by atoms with Crippen molar-refractivity contribution < 1.29 is 9.53 Å². The van der Waals surface area contributed by atoms with Crippen LogP contribution in [0.1, 0.15) is 26.2 Å². The highest BCUT2D eigenvalue weighted by Crippen LogP contribution is 2.32. The largest absolute Gasteiger partial charge is 0.384 e. The molecule has 2 rings (SSSR count). The topological polar surface area (TPSA) is 41.6 Å². The van der Waals surface area contributed by atoms with Crippen LogP contribution in [0.5, 0.6) is 0 Å². The Labute approximate surface area is 109 Å². The van der Waals surface area contributed by atoms with Crippen molar-refractivity contribution in [2.75, 3.05) is 39.9 Å². The smallest absolute Gasteiger partial charge is 0.231 e. The SMILES string of the molecule is COCC1(C(=O)N2CC=C(C)CC2)CCNCC1. The molecule has 1 saturated heterocycles. The Kier molecular flexibility index (Phi) is 4.40. The van der Waals surface area contributed by atoms with Crippen molar-refractivity contribution in [2.24, 2.45) is 5.41 Å². The Balaban J connectivity index is 2.08. The van der Waals surface area contributed by atoms with Gasteiger partial charge in [0, 0.05) is 20.2 Å². The van der Waals surface area contributed by atoms with Crippen molar-refractivity contribution in [1.29, 1.82) is 0 Å². The predicted octanol–water partition coefficient (Wildman–Crippen LogP) is 1.18. The number of ether oxygens (including phenoxy) is 1. The maximum absolute atomic E-state index is 12.8. The van der Waals surface area contributed by atoms with Crippen molar-refractivity contribution >= 4 is 5.91 Å². The molecule has 2 aliphatic rings. The minimum Gasteiger partial charge on any atom is -0.384 e. The summed E-state index contributed by atoms with van der Waals surface area (Å²) >= 11 is 0. The summed E-state index contributed by atoms with van der Waals surface area (Å²) < 4.78 is 5.33. The molecule has 0 unspecified atom stereocenters. The monoisotopic (exact) mass is 252 g/mol. The molecule has 102 valence electrons. The van der Waals surface area contributed by atoms with Gasteiger partial charge in [0.1, 0.15) is 0 Å². The normalized spacial score (nSPS) is 23.7. The molecule has 0 aromatic rings. The second-order valence-corrected chi connectivity index (χ2v) is 5.51. The molecule has 0 atom stereocenters. The van der Waals surface area contributed by atoms with E-state index in [1.54, 1.807) is 7.11 Å². The number of carbonyl (C=O) groups is 1. The fraction of sp³-hybridized carbons (Fsp3) is 0.786. The third-order valence-electron chi connectivity index (χ3n) is 4.16. The van der Waals surface area contributed by atoms with Gasteiger partial charge in [-0.05, 0) is 39.3 Å². The van der Waals surface area contributed by atoms with Crippen molar-refractivity contribution in [3.8, 4) is 0 Å². The number of carbonyl (C=O) groups excluding carboxylic acids is 1. The molecule has 0 aliphatic carbocycles. The van der Waals surface area contributed by atoms with Gasteiger partial charge in [0.25, 0.3) is 0 Å². The maximum Gasteiger partial charge on any atom is 0.231 e. The zero-order valence-electron chi connectivity index (χ0n) is 11.5. The van der Waals surface area contributed by atoms with Gasteiger partial charge in [-0.2, -0.15) is 0 Å². The van der Waals surface area contributed by atoms with E-state index in [4.69, 9.17) is 4.74 Å². The molecule has 2 aliphatic heterocycles. The van der Waals surface area contributed by atoms with Gasteiger partial charge in [0.05, 0.1) is 12.0 Å². The minimum absolute atomic E-state index is 0.287. The highest BCUT2D eigenvalue weighted by Gasteiger charge is 2.42. The first-order valence-electron chi connectivity index (χ1n) is 6.83. The van der Waals surface area contributed by atoms with Crippen molar-refractivity contribution in [3.05, 3.63) is 11.6 Å². The summed E-state index contributed by atoms with van der Waals surface area (Å²) in [6, 6.07) is 0. The van der Waals surface area contributed by atoms with E-state index in [0.29, 0.717) is 6.61 Å². The number of hydrogen-bond acceptors (Lipinski definition) is 3. The first-order chi connectivity index (χ1) is 8.68. The molecule has 2 heterocycles. The Bertz CT molecular complexity index is 327. The van der Waals surface area contributed by atoms with Crippen molar-refractivity contribution in [3.63, 3.8) is 0 Å². The van der Waals surface area contributed by atoms with Crippen LogP contribution in [0.4, 0.5) is 0 Å². The Hall–Kier alpha value is -0.870. The standard InChI is InChI=1S/C14H24N2O2/c1-12-3-9-16(10-4-12)13(17)14(11-18-2)5-7-15-8-6-14/h3,15H,4-11H2,1-2H3. The predicted molar refractivity (Wildman–Crippen MR) is 71.4 cm³/mol. The first-order valence-corrected chi connectivity index (χ1v) is 6.83. The lowest BCUT2D eigenvalue weighted by Gasteiger charge is -2.40. The number of piperidine rings is 1. The van der Waals surface area contributed by atoms with Gasteiger partial charge in [-0.15, -0.1) is 0 Å². The molecule has 0 radical (unpaired) electrons. The molecule has 4 nitrogen and oxygen atoms in total. The van der Waals surface area contributed by atoms with Crippen LogP contribution >= 0.6 is 0 Å². The van der Waals surface area contributed by atoms with Gasteiger partial charge >= 0.3 is 0 Å². The van der Waals surface area contributed by atoms with Gasteiger partial charge in [-0.25, -0.2) is 0 Å². The third-order valence-corrected chi connectivity index (χ3v) is 4.16. The van der Waals surface area contributed by atoms with E-state index >= 15 is 0 Å². The van der Waals surface area contributed by atoms with Crippen LogP contribution < -0.4 is 5.32 Å². The van der Waals surface area contributed by atoms with E-state index in [-0.39, 0.29) is 11.3 Å². The van der Waals surface area contributed by atoms with Crippen LogP contribution in [0, 0.1) is 5.41 Å². The molecule has 18 heavy (non-hydrogen) atoms. The zero-order valence-corrected chi connectivity index (χ0v) is 11.5. The molecule has 4 heteroatoms. The van der Waals surface area contributed by atoms with Crippen molar-refractivity contribution in [1.82, 2.24) is 10.2 Å². The Morgan fingerprint density at radius 2 is 2.22 bits per heavy atom. The summed E-state index contributed by atoms with van der Waals surface area (Å²) in [4.78, 5) is 14.8. The number of nitrogens with zero attached hydrogens (tertiary/aromatic N) is 1. The number of amides is 1. The van der Waals surface area contributed by atoms with Crippen LogP contribution in [0.3, 0.4) is 0 Å². The highest BCUT2D eigenvalue weighted by atomic mass is 16.5. The second-order valence-electron chi connectivity index (χ2n) is 5.51. The Morgan fingerprint density at radius 3 is 2.78 bits per heavy atom. The average molecular weight is 252 g/mol. The number of rotatable bonds is 3. The van der Waals surface area contributed by atoms with Crippen LogP contribution in [0.15, 0.2) is 11.6 Å². The van der Waals surface area contributed by atoms with Crippen LogP contribution in [0.2, 0.25) is 0 Å². The third kappa shape index (κ3) is 2.75. The quantitative estimate of drug-likeness (QED) is 0.767. The maximum atomic E-state index is 12.8.